The van der Waals surface area contributed by atoms with Crippen LogP contribution in [-0.2, 0) is 10.8 Å². The highest BCUT2D eigenvalue weighted by molar-refractivity contribution is 7.25. The fraction of sp³-hybridized carbons (Fsp3) is 0.154. The highest BCUT2D eigenvalue weighted by Crippen LogP contribution is 2.57. The minimum Gasteiger partial charge on any atom is -0.208 e. The van der Waals surface area contributed by atoms with Crippen LogP contribution in [0.5, 0.6) is 0 Å². The van der Waals surface area contributed by atoms with Crippen molar-refractivity contribution in [3.63, 3.8) is 0 Å². The molecule has 3 nitrogen and oxygen atoms in total. The second-order valence-corrected chi connectivity index (χ2v) is 13.6. The minimum atomic E-state index is -0.137. The zero-order valence-corrected chi connectivity index (χ0v) is 25.5. The van der Waals surface area contributed by atoms with Gasteiger partial charge in [-0.25, -0.2) is 15.0 Å². The van der Waals surface area contributed by atoms with Crippen LogP contribution in [0.4, 0.5) is 0 Å². The Morgan fingerprint density at radius 1 is 0.488 bits per heavy atom. The van der Waals surface area contributed by atoms with Gasteiger partial charge in [-0.3, -0.25) is 0 Å². The highest BCUT2D eigenvalue weighted by atomic mass is 32.1. The SMILES string of the molecule is CC1(C)c2cc(-c3nc(-c4ccccc4)nc(-c4ccccc4)n3)ccc2-c2c(ccc3sc4ccccc4c23)C1(C)C. The molecule has 0 bridgehead atoms. The third-order valence-corrected chi connectivity index (χ3v) is 10.8. The molecule has 0 saturated heterocycles. The predicted octanol–water partition coefficient (Wildman–Crippen LogP) is 10.5. The van der Waals surface area contributed by atoms with E-state index in [4.69, 9.17) is 15.0 Å². The average Bonchev–Trinajstić information content (AvgIpc) is 3.43. The van der Waals surface area contributed by atoms with Crippen LogP contribution in [0, 0.1) is 0 Å². The van der Waals surface area contributed by atoms with Gasteiger partial charge < -0.3 is 0 Å². The second-order valence-electron chi connectivity index (χ2n) is 12.5. The molecule has 0 spiro atoms. The molecule has 5 aromatic carbocycles. The van der Waals surface area contributed by atoms with Gasteiger partial charge in [0, 0.05) is 36.9 Å². The number of nitrogens with zero attached hydrogens (tertiary/aromatic N) is 3. The fourth-order valence-corrected chi connectivity index (χ4v) is 7.76. The molecular weight excluding hydrogens is 543 g/mol. The van der Waals surface area contributed by atoms with Crippen LogP contribution in [0.2, 0.25) is 0 Å². The van der Waals surface area contributed by atoms with Crippen molar-refractivity contribution in [2.24, 2.45) is 0 Å². The Kier molecular flexibility index (Phi) is 5.69. The van der Waals surface area contributed by atoms with Crippen LogP contribution < -0.4 is 0 Å². The molecule has 4 heteroatoms. The Labute approximate surface area is 256 Å². The van der Waals surface area contributed by atoms with Gasteiger partial charge in [0.15, 0.2) is 17.5 Å². The molecule has 7 aromatic rings. The molecule has 208 valence electrons. The average molecular weight is 574 g/mol. The van der Waals surface area contributed by atoms with E-state index >= 15 is 0 Å². The molecule has 0 radical (unpaired) electrons. The number of hydrogen-bond donors (Lipinski definition) is 0. The van der Waals surface area contributed by atoms with E-state index in [1.54, 1.807) is 0 Å². The molecule has 2 heterocycles. The maximum absolute atomic E-state index is 5.04. The van der Waals surface area contributed by atoms with Gasteiger partial charge in [-0.1, -0.05) is 125 Å². The minimum absolute atomic E-state index is 0.102. The topological polar surface area (TPSA) is 38.7 Å². The Morgan fingerprint density at radius 3 is 1.70 bits per heavy atom. The number of aromatic nitrogens is 3. The number of thiophene rings is 1. The third kappa shape index (κ3) is 3.90. The van der Waals surface area contributed by atoms with Crippen molar-refractivity contribution in [1.82, 2.24) is 15.0 Å². The van der Waals surface area contributed by atoms with E-state index in [1.165, 1.54) is 42.4 Å². The smallest absolute Gasteiger partial charge is 0.164 e. The van der Waals surface area contributed by atoms with Crippen molar-refractivity contribution in [2.45, 2.75) is 38.5 Å². The van der Waals surface area contributed by atoms with Crippen LogP contribution in [0.1, 0.15) is 38.8 Å². The monoisotopic (exact) mass is 573 g/mol. The summed E-state index contributed by atoms with van der Waals surface area (Å²) in [7, 11) is 0. The van der Waals surface area contributed by atoms with Crippen molar-refractivity contribution < 1.29 is 0 Å². The number of hydrogen-bond acceptors (Lipinski definition) is 4. The third-order valence-electron chi connectivity index (χ3n) is 9.70. The molecular formula is C39H31N3S. The summed E-state index contributed by atoms with van der Waals surface area (Å²) in [6.07, 6.45) is 0. The zero-order valence-electron chi connectivity index (χ0n) is 24.7. The summed E-state index contributed by atoms with van der Waals surface area (Å²) in [5, 5.41) is 2.70. The van der Waals surface area contributed by atoms with Gasteiger partial charge in [0.25, 0.3) is 0 Å². The van der Waals surface area contributed by atoms with E-state index in [1.807, 2.05) is 47.7 Å². The van der Waals surface area contributed by atoms with Crippen LogP contribution in [0.15, 0.2) is 115 Å². The Hall–Kier alpha value is -4.67. The second kappa shape index (κ2) is 9.42. The molecule has 2 aromatic heterocycles. The normalized spacial score (nSPS) is 14.9. The van der Waals surface area contributed by atoms with Gasteiger partial charge in [0.05, 0.1) is 0 Å². The van der Waals surface area contributed by atoms with Gasteiger partial charge in [0.2, 0.25) is 0 Å². The maximum atomic E-state index is 5.04. The summed E-state index contributed by atoms with van der Waals surface area (Å²) in [6.45, 7) is 9.55. The van der Waals surface area contributed by atoms with Crippen LogP contribution in [-0.4, -0.2) is 15.0 Å². The number of rotatable bonds is 3. The first-order valence-electron chi connectivity index (χ1n) is 14.8. The van der Waals surface area contributed by atoms with Gasteiger partial charge >= 0.3 is 0 Å². The largest absolute Gasteiger partial charge is 0.208 e. The van der Waals surface area contributed by atoms with Gasteiger partial charge in [0.1, 0.15) is 0 Å². The predicted molar refractivity (Wildman–Crippen MR) is 181 cm³/mol. The van der Waals surface area contributed by atoms with E-state index in [2.05, 4.69) is 107 Å². The quantitative estimate of drug-likeness (QED) is 0.211. The van der Waals surface area contributed by atoms with Crippen molar-refractivity contribution in [1.29, 1.82) is 0 Å². The molecule has 0 aliphatic heterocycles. The number of benzene rings is 5. The van der Waals surface area contributed by atoms with Crippen LogP contribution >= 0.6 is 11.3 Å². The van der Waals surface area contributed by atoms with E-state index in [-0.39, 0.29) is 10.8 Å². The molecule has 0 unspecified atom stereocenters. The summed E-state index contributed by atoms with van der Waals surface area (Å²) in [4.78, 5) is 15.0. The lowest BCUT2D eigenvalue weighted by Crippen LogP contribution is -2.43. The van der Waals surface area contributed by atoms with Crippen molar-refractivity contribution in [2.75, 3.05) is 0 Å². The molecule has 1 aliphatic rings. The summed E-state index contributed by atoms with van der Waals surface area (Å²) < 4.78 is 2.67. The lowest BCUT2D eigenvalue weighted by molar-refractivity contribution is 0.299. The molecule has 0 fully saturated rings. The Morgan fingerprint density at radius 2 is 1.05 bits per heavy atom. The first kappa shape index (κ1) is 26.0. The Bertz CT molecular complexity index is 2120. The standard InChI is InChI=1S/C39H31N3S/c1-38(2)29-21-22-32-34(28-17-11-12-18-31(28)43-32)33(29)27-20-19-26(23-30(27)39(38,3)4)37-41-35(24-13-7-5-8-14-24)40-36(42-37)25-15-9-6-10-16-25/h5-23H,1-4H3. The van der Waals surface area contributed by atoms with E-state index in [0.29, 0.717) is 17.5 Å². The molecule has 0 amide bonds. The Balaban J connectivity index is 1.39. The number of fused-ring (bicyclic) bond motifs is 7. The maximum Gasteiger partial charge on any atom is 0.164 e. The van der Waals surface area contributed by atoms with E-state index in [0.717, 1.165) is 16.7 Å². The molecule has 1 aliphatic carbocycles. The molecule has 0 saturated carbocycles. The first-order valence-corrected chi connectivity index (χ1v) is 15.6. The summed E-state index contributed by atoms with van der Waals surface area (Å²) in [6, 6.07) is 40.7. The van der Waals surface area contributed by atoms with Crippen molar-refractivity contribution in [3.8, 4) is 45.3 Å². The van der Waals surface area contributed by atoms with Gasteiger partial charge in [-0.2, -0.15) is 0 Å². The van der Waals surface area contributed by atoms with Gasteiger partial charge in [-0.05, 0) is 51.3 Å². The molecule has 0 N–H and O–H groups in total. The van der Waals surface area contributed by atoms with E-state index < -0.39 is 0 Å². The van der Waals surface area contributed by atoms with Crippen molar-refractivity contribution in [3.05, 3.63) is 126 Å². The van der Waals surface area contributed by atoms with Gasteiger partial charge in [-0.15, -0.1) is 11.3 Å². The molecule has 43 heavy (non-hydrogen) atoms. The van der Waals surface area contributed by atoms with Crippen LogP contribution in [0.25, 0.3) is 65.5 Å². The first-order chi connectivity index (χ1) is 20.8. The molecule has 0 atom stereocenters. The fourth-order valence-electron chi connectivity index (χ4n) is 6.65. The van der Waals surface area contributed by atoms with E-state index in [9.17, 15) is 0 Å². The molecule has 8 rings (SSSR count). The lowest BCUT2D eigenvalue weighted by atomic mass is 9.55. The van der Waals surface area contributed by atoms with Crippen LogP contribution in [0.3, 0.4) is 0 Å². The zero-order chi connectivity index (χ0) is 29.3. The van der Waals surface area contributed by atoms with Crippen molar-refractivity contribution >= 4 is 31.5 Å². The summed E-state index contributed by atoms with van der Waals surface area (Å²) in [5.41, 5.74) is 8.12. The highest BCUT2D eigenvalue weighted by Gasteiger charge is 2.46. The summed E-state index contributed by atoms with van der Waals surface area (Å²) in [5.74, 6) is 2.05. The summed E-state index contributed by atoms with van der Waals surface area (Å²) >= 11 is 1.88. The lowest BCUT2D eigenvalue weighted by Gasteiger charge is -2.48.